The molecule has 0 fully saturated rings. The Balaban J connectivity index is 1.34. The maximum absolute atomic E-state index is 6.76. The lowest BCUT2D eigenvalue weighted by Gasteiger charge is -2.29. The molecule has 40 heavy (non-hydrogen) atoms. The van der Waals surface area contributed by atoms with E-state index in [0.717, 1.165) is 36.3 Å². The van der Waals surface area contributed by atoms with E-state index in [1.165, 1.54) is 50.0 Å². The van der Waals surface area contributed by atoms with Gasteiger partial charge in [0.2, 0.25) is 5.69 Å². The number of ether oxygens (including phenoxy) is 1. The average Bonchev–Trinajstić information content (AvgIpc) is 3.20. The number of benzene rings is 4. The SMILES string of the molecule is C[N+]1=C(/C=C/C2=C3OC(c4ccccc4)=CC(c4ccccc4)=C3CCC2)C(C)(C)c2c1ccc1ccccc21. The number of hydrogen-bond donors (Lipinski definition) is 0. The molecule has 0 aromatic heterocycles. The number of allylic oxidation sites excluding steroid dienone is 6. The van der Waals surface area contributed by atoms with Crippen molar-refractivity contribution in [3.63, 3.8) is 0 Å². The zero-order chi connectivity index (χ0) is 27.3. The number of nitrogens with zero attached hydrogens (tertiary/aromatic N) is 1. The Hall–Kier alpha value is -4.43. The van der Waals surface area contributed by atoms with Gasteiger partial charge in [0.05, 0.1) is 5.41 Å². The van der Waals surface area contributed by atoms with Gasteiger partial charge in [0.1, 0.15) is 18.6 Å². The Morgan fingerprint density at radius 3 is 2.23 bits per heavy atom. The molecule has 1 aliphatic carbocycles. The van der Waals surface area contributed by atoms with Crippen LogP contribution in [0.2, 0.25) is 0 Å². The molecule has 0 saturated heterocycles. The van der Waals surface area contributed by atoms with Crippen LogP contribution in [-0.4, -0.2) is 17.3 Å². The van der Waals surface area contributed by atoms with Gasteiger partial charge in [0.25, 0.3) is 0 Å². The maximum Gasteiger partial charge on any atom is 0.210 e. The van der Waals surface area contributed by atoms with Crippen molar-refractivity contribution in [1.29, 1.82) is 0 Å². The van der Waals surface area contributed by atoms with Crippen molar-refractivity contribution in [3.8, 4) is 0 Å². The van der Waals surface area contributed by atoms with Crippen LogP contribution in [0.25, 0.3) is 22.1 Å². The lowest BCUT2D eigenvalue weighted by Crippen LogP contribution is -2.27. The summed E-state index contributed by atoms with van der Waals surface area (Å²) < 4.78 is 9.13. The lowest BCUT2D eigenvalue weighted by atomic mass is 9.78. The molecular formula is C38H34NO+. The Morgan fingerprint density at radius 2 is 1.45 bits per heavy atom. The summed E-state index contributed by atoms with van der Waals surface area (Å²) >= 11 is 0. The first-order valence-corrected chi connectivity index (χ1v) is 14.3. The standard InChI is InChI=1S/C38H34NO/c1-38(2)35(39(3)33-23-21-27-15-10-11-19-30(27)36(33)38)24-22-29-18-12-20-31-32(26-13-6-4-7-14-26)25-34(40-37(29)31)28-16-8-5-9-17-28/h4-11,13-17,19,21-25H,12,18,20H2,1-3H3/q+1/b24-22+. The van der Waals surface area contributed by atoms with Crippen molar-refractivity contribution >= 4 is 33.5 Å². The molecule has 0 bridgehead atoms. The molecule has 2 heteroatoms. The summed E-state index contributed by atoms with van der Waals surface area (Å²) in [5, 5.41) is 2.63. The minimum absolute atomic E-state index is 0.113. The van der Waals surface area contributed by atoms with Crippen LogP contribution < -0.4 is 0 Å². The third-order valence-electron chi connectivity index (χ3n) is 8.73. The van der Waals surface area contributed by atoms with Crippen LogP contribution in [0.5, 0.6) is 0 Å². The van der Waals surface area contributed by atoms with Gasteiger partial charge in [-0.2, -0.15) is 4.58 Å². The molecule has 0 spiro atoms. The highest BCUT2D eigenvalue weighted by Crippen LogP contribution is 2.46. The summed E-state index contributed by atoms with van der Waals surface area (Å²) in [7, 11) is 2.20. The molecule has 0 radical (unpaired) electrons. The summed E-state index contributed by atoms with van der Waals surface area (Å²) in [5.74, 6) is 1.94. The Kier molecular flexibility index (Phi) is 5.93. The van der Waals surface area contributed by atoms with E-state index in [9.17, 15) is 0 Å². The fraction of sp³-hybridized carbons (Fsp3) is 0.184. The summed E-state index contributed by atoms with van der Waals surface area (Å²) in [5.41, 5.74) is 10.1. The van der Waals surface area contributed by atoms with Gasteiger partial charge in [-0.05, 0) is 78.8 Å². The van der Waals surface area contributed by atoms with E-state index in [0.29, 0.717) is 0 Å². The van der Waals surface area contributed by atoms with E-state index in [2.05, 4.69) is 141 Å². The molecule has 2 aliphatic heterocycles. The van der Waals surface area contributed by atoms with Crippen LogP contribution in [0, 0.1) is 0 Å². The van der Waals surface area contributed by atoms with Gasteiger partial charge >= 0.3 is 0 Å². The van der Waals surface area contributed by atoms with E-state index in [-0.39, 0.29) is 5.41 Å². The van der Waals surface area contributed by atoms with Crippen LogP contribution in [0.3, 0.4) is 0 Å². The van der Waals surface area contributed by atoms with Gasteiger partial charge in [-0.3, -0.25) is 0 Å². The highest BCUT2D eigenvalue weighted by molar-refractivity contribution is 6.07. The van der Waals surface area contributed by atoms with E-state index in [1.807, 2.05) is 0 Å². The lowest BCUT2D eigenvalue weighted by molar-refractivity contribution is -0.401. The first kappa shape index (κ1) is 24.6. The van der Waals surface area contributed by atoms with Gasteiger partial charge in [0.15, 0.2) is 5.71 Å². The molecule has 0 unspecified atom stereocenters. The summed E-state index contributed by atoms with van der Waals surface area (Å²) in [6.07, 6.45) is 10.0. The van der Waals surface area contributed by atoms with Gasteiger partial charge in [-0.15, -0.1) is 0 Å². The van der Waals surface area contributed by atoms with Crippen LogP contribution in [0.15, 0.2) is 132 Å². The summed E-state index contributed by atoms with van der Waals surface area (Å²) in [4.78, 5) is 0. The molecule has 0 atom stereocenters. The van der Waals surface area contributed by atoms with Crippen LogP contribution in [0.1, 0.15) is 49.8 Å². The Bertz CT molecular complexity index is 1800. The Morgan fingerprint density at radius 1 is 0.750 bits per heavy atom. The van der Waals surface area contributed by atoms with Crippen molar-refractivity contribution in [3.05, 3.63) is 149 Å². The minimum Gasteiger partial charge on any atom is -0.456 e. The molecule has 2 heterocycles. The summed E-state index contributed by atoms with van der Waals surface area (Å²) in [6, 6.07) is 34.5. The zero-order valence-corrected chi connectivity index (χ0v) is 23.4. The molecule has 0 N–H and O–H groups in total. The van der Waals surface area contributed by atoms with Gasteiger partial charge in [0, 0.05) is 28.8 Å². The van der Waals surface area contributed by atoms with Crippen LogP contribution in [0.4, 0.5) is 5.69 Å². The fourth-order valence-corrected chi connectivity index (χ4v) is 6.77. The first-order chi connectivity index (χ1) is 19.5. The quantitative estimate of drug-likeness (QED) is 0.244. The molecule has 196 valence electrons. The second kappa shape index (κ2) is 9.64. The average molecular weight is 521 g/mol. The van der Waals surface area contributed by atoms with E-state index in [4.69, 9.17) is 4.74 Å². The number of fused-ring (bicyclic) bond motifs is 4. The number of rotatable bonds is 4. The third-order valence-corrected chi connectivity index (χ3v) is 8.73. The van der Waals surface area contributed by atoms with Crippen molar-refractivity contribution in [2.24, 2.45) is 0 Å². The smallest absolute Gasteiger partial charge is 0.210 e. The second-order valence-electron chi connectivity index (χ2n) is 11.5. The first-order valence-electron chi connectivity index (χ1n) is 14.3. The molecule has 3 aliphatic rings. The molecule has 7 rings (SSSR count). The van der Waals surface area contributed by atoms with Gasteiger partial charge < -0.3 is 4.74 Å². The highest BCUT2D eigenvalue weighted by atomic mass is 16.5. The van der Waals surface area contributed by atoms with Crippen molar-refractivity contribution in [2.45, 2.75) is 38.5 Å². The molecular weight excluding hydrogens is 486 g/mol. The highest BCUT2D eigenvalue weighted by Gasteiger charge is 2.44. The number of hydrogen-bond acceptors (Lipinski definition) is 1. The topological polar surface area (TPSA) is 12.2 Å². The predicted molar refractivity (Wildman–Crippen MR) is 167 cm³/mol. The van der Waals surface area contributed by atoms with Gasteiger partial charge in [-0.25, -0.2) is 0 Å². The van der Waals surface area contributed by atoms with Crippen molar-refractivity contribution in [1.82, 2.24) is 0 Å². The molecule has 0 saturated carbocycles. The van der Waals surface area contributed by atoms with Crippen molar-refractivity contribution < 1.29 is 9.31 Å². The zero-order valence-electron chi connectivity index (χ0n) is 23.4. The maximum atomic E-state index is 6.76. The van der Waals surface area contributed by atoms with E-state index in [1.54, 1.807) is 0 Å². The summed E-state index contributed by atoms with van der Waals surface area (Å²) in [6.45, 7) is 4.71. The van der Waals surface area contributed by atoms with Gasteiger partial charge in [-0.1, -0.05) is 84.9 Å². The monoisotopic (exact) mass is 520 g/mol. The molecule has 4 aromatic carbocycles. The predicted octanol–water partition coefficient (Wildman–Crippen LogP) is 9.37. The Labute approximate surface area is 237 Å². The molecule has 2 nitrogen and oxygen atoms in total. The van der Waals surface area contributed by atoms with E-state index >= 15 is 0 Å². The van der Waals surface area contributed by atoms with Crippen LogP contribution >= 0.6 is 0 Å². The largest absolute Gasteiger partial charge is 0.456 e. The fourth-order valence-electron chi connectivity index (χ4n) is 6.77. The molecule has 4 aromatic rings. The van der Waals surface area contributed by atoms with E-state index < -0.39 is 0 Å². The second-order valence-corrected chi connectivity index (χ2v) is 11.5. The molecule has 0 amide bonds. The third kappa shape index (κ3) is 3.98. The normalized spacial score (nSPS) is 18.2. The van der Waals surface area contributed by atoms with Crippen LogP contribution in [-0.2, 0) is 10.2 Å². The minimum atomic E-state index is -0.113. The van der Waals surface area contributed by atoms with Crippen molar-refractivity contribution in [2.75, 3.05) is 7.05 Å².